The molecule has 0 unspecified atom stereocenters. The minimum absolute atomic E-state index is 0.0800. The molecule has 0 aliphatic heterocycles. The minimum Gasteiger partial charge on any atom is -0.471 e. The van der Waals surface area contributed by atoms with Crippen LogP contribution < -0.4 is 5.32 Å². The zero-order valence-electron chi connectivity index (χ0n) is 9.40. The van der Waals surface area contributed by atoms with E-state index in [0.29, 0.717) is 12.2 Å². The number of amides is 1. The predicted molar refractivity (Wildman–Crippen MR) is 70.2 cm³/mol. The highest BCUT2D eigenvalue weighted by Gasteiger charge is 2.08. The first-order valence-corrected chi connectivity index (χ1v) is 6.01. The maximum absolute atomic E-state index is 11.7. The van der Waals surface area contributed by atoms with Gasteiger partial charge in [0.25, 0.3) is 11.1 Å². The summed E-state index contributed by atoms with van der Waals surface area (Å²) < 4.78 is 5.16. The third-order valence-corrected chi connectivity index (χ3v) is 2.36. The van der Waals surface area contributed by atoms with Gasteiger partial charge in [0.2, 0.25) is 0 Å². The van der Waals surface area contributed by atoms with Gasteiger partial charge in [-0.15, -0.1) is 0 Å². The summed E-state index contributed by atoms with van der Waals surface area (Å²) in [5.41, 5.74) is 0.395. The summed E-state index contributed by atoms with van der Waals surface area (Å²) >= 11 is 10.5. The van der Waals surface area contributed by atoms with Gasteiger partial charge in [0.1, 0.15) is 5.15 Å². The van der Waals surface area contributed by atoms with E-state index in [2.05, 4.69) is 10.3 Å². The van der Waals surface area contributed by atoms with Crippen molar-refractivity contribution in [1.82, 2.24) is 10.3 Å². The summed E-state index contributed by atoms with van der Waals surface area (Å²) in [6.45, 7) is 2.55. The van der Waals surface area contributed by atoms with Crippen LogP contribution in [0.4, 0.5) is 0 Å². The number of halogens is 1. The highest BCUT2D eigenvalue weighted by atomic mass is 35.5. The van der Waals surface area contributed by atoms with Crippen LogP contribution in [0.25, 0.3) is 0 Å². The number of rotatable bonds is 4. The van der Waals surface area contributed by atoms with Gasteiger partial charge in [0.15, 0.2) is 0 Å². The lowest BCUT2D eigenvalue weighted by Crippen LogP contribution is -2.31. The van der Waals surface area contributed by atoms with E-state index in [4.69, 9.17) is 28.6 Å². The van der Waals surface area contributed by atoms with Crippen molar-refractivity contribution in [2.75, 3.05) is 6.61 Å². The molecule has 1 N–H and O–H groups in total. The number of nitrogens with one attached hydrogen (secondary N) is 1. The molecule has 6 heteroatoms. The van der Waals surface area contributed by atoms with E-state index < -0.39 is 0 Å². The predicted octanol–water partition coefficient (Wildman–Crippen LogP) is 2.57. The Morgan fingerprint density at radius 1 is 1.65 bits per heavy atom. The number of thiocarbonyl (C=S) groups is 1. The molecule has 0 bridgehead atoms. The first-order valence-electron chi connectivity index (χ1n) is 5.23. The number of carbonyl (C=O) groups is 1. The summed E-state index contributed by atoms with van der Waals surface area (Å²) in [5, 5.41) is 2.81. The van der Waals surface area contributed by atoms with Crippen LogP contribution in [0.15, 0.2) is 18.3 Å². The van der Waals surface area contributed by atoms with E-state index in [1.165, 1.54) is 12.3 Å². The lowest BCUT2D eigenvalue weighted by molar-refractivity contribution is 0.0967. The number of unbranched alkanes of at least 4 members (excludes halogenated alkanes) is 1. The van der Waals surface area contributed by atoms with E-state index in [9.17, 15) is 4.79 Å². The van der Waals surface area contributed by atoms with Crippen molar-refractivity contribution in [3.63, 3.8) is 0 Å². The van der Waals surface area contributed by atoms with Crippen molar-refractivity contribution in [3.05, 3.63) is 29.0 Å². The van der Waals surface area contributed by atoms with Gasteiger partial charge in [0, 0.05) is 11.8 Å². The van der Waals surface area contributed by atoms with Crippen LogP contribution in [-0.2, 0) is 4.74 Å². The van der Waals surface area contributed by atoms with E-state index in [0.717, 1.165) is 12.8 Å². The van der Waals surface area contributed by atoms with Gasteiger partial charge < -0.3 is 4.74 Å². The Morgan fingerprint density at radius 2 is 2.41 bits per heavy atom. The largest absolute Gasteiger partial charge is 0.471 e. The fourth-order valence-electron chi connectivity index (χ4n) is 1.05. The molecule has 1 aromatic heterocycles. The maximum Gasteiger partial charge on any atom is 0.263 e. The van der Waals surface area contributed by atoms with Crippen LogP contribution >= 0.6 is 23.8 Å². The van der Waals surface area contributed by atoms with Crippen molar-refractivity contribution in [2.45, 2.75) is 19.8 Å². The number of pyridine rings is 1. The number of nitrogens with zero attached hydrogens (tertiary/aromatic N) is 1. The van der Waals surface area contributed by atoms with Crippen LogP contribution in [0.3, 0.4) is 0 Å². The average Bonchev–Trinajstić information content (AvgIpc) is 2.29. The second-order valence-electron chi connectivity index (χ2n) is 3.31. The highest BCUT2D eigenvalue weighted by molar-refractivity contribution is 7.80. The van der Waals surface area contributed by atoms with Gasteiger partial charge in [-0.05, 0) is 30.8 Å². The van der Waals surface area contributed by atoms with Crippen molar-refractivity contribution < 1.29 is 9.53 Å². The van der Waals surface area contributed by atoms with E-state index in [-0.39, 0.29) is 16.2 Å². The molecule has 0 aliphatic rings. The fraction of sp³-hybridized carbons (Fsp3) is 0.364. The Morgan fingerprint density at radius 3 is 3.06 bits per heavy atom. The summed E-state index contributed by atoms with van der Waals surface area (Å²) in [6.07, 6.45) is 3.37. The van der Waals surface area contributed by atoms with Crippen LogP contribution in [0.2, 0.25) is 5.15 Å². The molecule has 4 nitrogen and oxygen atoms in total. The standard InChI is InChI=1S/C11H13ClN2O2S/c1-2-3-6-16-11(17)14-10(15)8-4-5-13-9(12)7-8/h4-5,7H,2-3,6H2,1H3,(H,14,15,17). The molecule has 17 heavy (non-hydrogen) atoms. The molecule has 0 saturated heterocycles. The summed E-state index contributed by atoms with van der Waals surface area (Å²) in [4.78, 5) is 15.5. The SMILES string of the molecule is CCCCOC(=S)NC(=O)c1ccnc(Cl)c1. The molecule has 0 saturated carbocycles. The molecular formula is C11H13ClN2O2S. The molecule has 1 rings (SSSR count). The van der Waals surface area contributed by atoms with Crippen molar-refractivity contribution in [2.24, 2.45) is 0 Å². The number of carbonyl (C=O) groups excluding carboxylic acids is 1. The van der Waals surface area contributed by atoms with E-state index >= 15 is 0 Å². The summed E-state index contributed by atoms with van der Waals surface area (Å²) in [6, 6.07) is 3.02. The number of ether oxygens (including phenoxy) is 1. The Labute approximate surface area is 110 Å². The minimum atomic E-state index is -0.351. The first-order chi connectivity index (χ1) is 8.13. The summed E-state index contributed by atoms with van der Waals surface area (Å²) in [7, 11) is 0. The number of hydrogen-bond acceptors (Lipinski definition) is 4. The molecule has 1 amide bonds. The third-order valence-electron chi connectivity index (χ3n) is 1.94. The van der Waals surface area contributed by atoms with Crippen LogP contribution in [0.5, 0.6) is 0 Å². The van der Waals surface area contributed by atoms with Crippen LogP contribution in [-0.4, -0.2) is 22.7 Å². The van der Waals surface area contributed by atoms with Crippen LogP contribution in [0, 0.1) is 0 Å². The van der Waals surface area contributed by atoms with E-state index in [1.807, 2.05) is 6.92 Å². The zero-order valence-corrected chi connectivity index (χ0v) is 11.0. The Bertz CT molecular complexity index is 412. The second kappa shape index (κ2) is 7.19. The van der Waals surface area contributed by atoms with Crippen molar-refractivity contribution >= 4 is 34.9 Å². The van der Waals surface area contributed by atoms with Gasteiger partial charge in [0.05, 0.1) is 6.61 Å². The first kappa shape index (κ1) is 13.9. The molecule has 92 valence electrons. The van der Waals surface area contributed by atoms with Gasteiger partial charge in [-0.25, -0.2) is 4.98 Å². The Kier molecular flexibility index (Phi) is 5.86. The maximum atomic E-state index is 11.7. The summed E-state index contributed by atoms with van der Waals surface area (Å²) in [5.74, 6) is -0.351. The second-order valence-corrected chi connectivity index (χ2v) is 4.07. The average molecular weight is 273 g/mol. The molecule has 1 heterocycles. The van der Waals surface area contributed by atoms with Crippen LogP contribution in [0.1, 0.15) is 30.1 Å². The monoisotopic (exact) mass is 272 g/mol. The zero-order chi connectivity index (χ0) is 12.7. The number of hydrogen-bond donors (Lipinski definition) is 1. The molecule has 0 spiro atoms. The molecule has 1 aromatic rings. The fourth-order valence-corrected chi connectivity index (χ4v) is 1.40. The molecular weight excluding hydrogens is 260 g/mol. The van der Waals surface area contributed by atoms with Crippen molar-refractivity contribution in [1.29, 1.82) is 0 Å². The topological polar surface area (TPSA) is 51.2 Å². The number of aromatic nitrogens is 1. The lowest BCUT2D eigenvalue weighted by Gasteiger charge is -2.08. The quantitative estimate of drug-likeness (QED) is 0.520. The van der Waals surface area contributed by atoms with Gasteiger partial charge in [-0.1, -0.05) is 24.9 Å². The third kappa shape index (κ3) is 5.10. The molecule has 0 fully saturated rings. The van der Waals surface area contributed by atoms with Gasteiger partial charge in [-0.3, -0.25) is 10.1 Å². The molecule has 0 atom stereocenters. The van der Waals surface area contributed by atoms with Gasteiger partial charge >= 0.3 is 0 Å². The lowest BCUT2D eigenvalue weighted by atomic mass is 10.2. The smallest absolute Gasteiger partial charge is 0.263 e. The van der Waals surface area contributed by atoms with Gasteiger partial charge in [-0.2, -0.15) is 0 Å². The molecule has 0 aromatic carbocycles. The Hall–Kier alpha value is -1.20. The van der Waals surface area contributed by atoms with E-state index in [1.54, 1.807) is 6.07 Å². The van der Waals surface area contributed by atoms with Crippen molar-refractivity contribution in [3.8, 4) is 0 Å². The highest BCUT2D eigenvalue weighted by Crippen LogP contribution is 2.06. The molecule has 0 aliphatic carbocycles. The normalized spacial score (nSPS) is 9.76. The molecule has 0 radical (unpaired) electrons. The Balaban J connectivity index is 2.46.